The number of methoxy groups -OCH3 is 1. The normalized spacial score (nSPS) is 8.09. The van der Waals surface area contributed by atoms with Crippen LogP contribution in [0.4, 0.5) is 0 Å². The largest absolute Gasteiger partial charge is 0.481 e. The van der Waals surface area contributed by atoms with Crippen LogP contribution in [0.25, 0.3) is 0 Å². The van der Waals surface area contributed by atoms with E-state index in [1.807, 2.05) is 0 Å². The molecule has 0 radical (unpaired) electrons. The van der Waals surface area contributed by atoms with E-state index in [0.717, 1.165) is 5.56 Å². The summed E-state index contributed by atoms with van der Waals surface area (Å²) in [6.07, 6.45) is 3.26. The third-order valence-corrected chi connectivity index (χ3v) is 1.15. The molecular formula is C7H9ClN2O. The molecule has 0 saturated carbocycles. The number of hydrogen-bond acceptors (Lipinski definition) is 3. The molecule has 0 bridgehead atoms. The molecule has 1 heterocycles. The minimum atomic E-state index is 0. The van der Waals surface area contributed by atoms with Crippen molar-refractivity contribution in [2.45, 2.75) is 0 Å². The third-order valence-electron chi connectivity index (χ3n) is 1.15. The lowest BCUT2D eigenvalue weighted by molar-refractivity contribution is 0.401. The summed E-state index contributed by atoms with van der Waals surface area (Å²) in [5.41, 5.74) is 0.748. The minimum absolute atomic E-state index is 0. The number of nitrogens with one attached hydrogen (secondary N) is 1. The number of hydrogen-bond donors (Lipinski definition) is 1. The van der Waals surface area contributed by atoms with Gasteiger partial charge in [-0.25, -0.2) is 0 Å². The highest BCUT2D eigenvalue weighted by Crippen LogP contribution is 1.96. The second-order valence-corrected chi connectivity index (χ2v) is 1.77. The topological polar surface area (TPSA) is 46.0 Å². The van der Waals surface area contributed by atoms with E-state index in [1.54, 1.807) is 24.5 Å². The lowest BCUT2D eigenvalue weighted by atomic mass is 10.3. The number of ether oxygens (including phenoxy) is 1. The van der Waals surface area contributed by atoms with Gasteiger partial charge in [-0.15, -0.1) is 12.4 Å². The Labute approximate surface area is 71.3 Å². The molecule has 1 aromatic heterocycles. The highest BCUT2D eigenvalue weighted by molar-refractivity contribution is 5.91. The molecule has 0 atom stereocenters. The minimum Gasteiger partial charge on any atom is -0.481 e. The monoisotopic (exact) mass is 172 g/mol. The first-order valence-corrected chi connectivity index (χ1v) is 2.87. The maximum absolute atomic E-state index is 7.23. The average Bonchev–Trinajstić information content (AvgIpc) is 2.05. The summed E-state index contributed by atoms with van der Waals surface area (Å²) in [6.45, 7) is 0. The Morgan fingerprint density at radius 1 is 1.45 bits per heavy atom. The van der Waals surface area contributed by atoms with E-state index >= 15 is 0 Å². The van der Waals surface area contributed by atoms with Crippen LogP contribution >= 0.6 is 12.4 Å². The van der Waals surface area contributed by atoms with Gasteiger partial charge in [-0.3, -0.25) is 10.4 Å². The average molecular weight is 173 g/mol. The first-order chi connectivity index (χ1) is 4.84. The van der Waals surface area contributed by atoms with Crippen LogP contribution in [0.3, 0.4) is 0 Å². The van der Waals surface area contributed by atoms with Gasteiger partial charge in [-0.2, -0.15) is 0 Å². The van der Waals surface area contributed by atoms with Crippen molar-refractivity contribution >= 4 is 18.3 Å². The van der Waals surface area contributed by atoms with Gasteiger partial charge in [0, 0.05) is 18.0 Å². The fourth-order valence-electron chi connectivity index (χ4n) is 0.621. The Hall–Kier alpha value is -1.09. The van der Waals surface area contributed by atoms with Crippen molar-refractivity contribution in [1.29, 1.82) is 5.41 Å². The number of nitrogens with zero attached hydrogens (tertiary/aromatic N) is 1. The maximum Gasteiger partial charge on any atom is 0.213 e. The van der Waals surface area contributed by atoms with Crippen molar-refractivity contribution in [2.24, 2.45) is 0 Å². The molecule has 0 spiro atoms. The van der Waals surface area contributed by atoms with Gasteiger partial charge in [0.05, 0.1) is 7.11 Å². The highest BCUT2D eigenvalue weighted by Gasteiger charge is 1.96. The molecule has 11 heavy (non-hydrogen) atoms. The molecule has 0 saturated heterocycles. The molecule has 0 aromatic carbocycles. The predicted octanol–water partition coefficient (Wildman–Crippen LogP) is 1.48. The van der Waals surface area contributed by atoms with E-state index in [9.17, 15) is 0 Å². The van der Waals surface area contributed by atoms with Gasteiger partial charge in [0.15, 0.2) is 0 Å². The van der Waals surface area contributed by atoms with Gasteiger partial charge in [0.2, 0.25) is 5.90 Å². The fraction of sp³-hybridized carbons (Fsp3) is 0.143. The molecule has 0 aliphatic carbocycles. The van der Waals surface area contributed by atoms with E-state index in [-0.39, 0.29) is 18.3 Å². The van der Waals surface area contributed by atoms with E-state index in [2.05, 4.69) is 4.98 Å². The number of pyridine rings is 1. The summed E-state index contributed by atoms with van der Waals surface area (Å²) in [5, 5.41) is 7.23. The van der Waals surface area contributed by atoms with E-state index in [4.69, 9.17) is 10.1 Å². The molecule has 0 aliphatic heterocycles. The zero-order valence-corrected chi connectivity index (χ0v) is 6.89. The molecule has 0 fully saturated rings. The summed E-state index contributed by atoms with van der Waals surface area (Å²) >= 11 is 0. The molecule has 60 valence electrons. The summed E-state index contributed by atoms with van der Waals surface area (Å²) in [4.78, 5) is 3.81. The fourth-order valence-corrected chi connectivity index (χ4v) is 0.621. The van der Waals surface area contributed by atoms with Gasteiger partial charge in [-0.05, 0) is 12.1 Å². The zero-order valence-electron chi connectivity index (χ0n) is 6.07. The van der Waals surface area contributed by atoms with Crippen LogP contribution in [0.15, 0.2) is 24.5 Å². The Bertz CT molecular complexity index is 225. The highest BCUT2D eigenvalue weighted by atomic mass is 35.5. The second kappa shape index (κ2) is 4.68. The van der Waals surface area contributed by atoms with Crippen LogP contribution in [-0.4, -0.2) is 18.0 Å². The van der Waals surface area contributed by atoms with Crippen LogP contribution in [0.1, 0.15) is 5.56 Å². The van der Waals surface area contributed by atoms with Gasteiger partial charge >= 0.3 is 0 Å². The first kappa shape index (κ1) is 9.91. The molecule has 4 heteroatoms. The maximum atomic E-state index is 7.23. The van der Waals surface area contributed by atoms with E-state index in [0.29, 0.717) is 0 Å². The molecule has 1 aromatic rings. The number of halogens is 1. The Morgan fingerprint density at radius 2 is 2.00 bits per heavy atom. The van der Waals surface area contributed by atoms with Crippen molar-refractivity contribution in [3.05, 3.63) is 30.1 Å². The Balaban J connectivity index is 0.000001000. The lowest BCUT2D eigenvalue weighted by Crippen LogP contribution is -2.00. The van der Waals surface area contributed by atoms with Crippen LogP contribution in [0.5, 0.6) is 0 Å². The Morgan fingerprint density at radius 3 is 2.45 bits per heavy atom. The summed E-state index contributed by atoms with van der Waals surface area (Å²) in [5.74, 6) is 0.169. The lowest BCUT2D eigenvalue weighted by Gasteiger charge is -1.98. The van der Waals surface area contributed by atoms with Crippen molar-refractivity contribution in [1.82, 2.24) is 4.98 Å². The molecule has 0 unspecified atom stereocenters. The van der Waals surface area contributed by atoms with Gasteiger partial charge in [0.25, 0.3) is 0 Å². The smallest absolute Gasteiger partial charge is 0.213 e. The predicted molar refractivity (Wildman–Crippen MR) is 45.3 cm³/mol. The standard InChI is InChI=1S/C7H8N2O.ClH/c1-10-7(8)6-2-4-9-5-3-6;/h2-5,8H,1H3;1H. The van der Waals surface area contributed by atoms with Gasteiger partial charge in [-0.1, -0.05) is 0 Å². The molecule has 0 aliphatic rings. The SMILES string of the molecule is COC(=N)c1ccncc1.Cl. The Kier molecular flexibility index (Phi) is 4.22. The van der Waals surface area contributed by atoms with E-state index < -0.39 is 0 Å². The third kappa shape index (κ3) is 2.55. The van der Waals surface area contributed by atoms with Crippen LogP contribution in [0, 0.1) is 5.41 Å². The van der Waals surface area contributed by atoms with Gasteiger partial charge < -0.3 is 4.74 Å². The second-order valence-electron chi connectivity index (χ2n) is 1.77. The molecule has 0 amide bonds. The summed E-state index contributed by atoms with van der Waals surface area (Å²) < 4.78 is 4.69. The van der Waals surface area contributed by atoms with Crippen molar-refractivity contribution in [2.75, 3.05) is 7.11 Å². The zero-order chi connectivity index (χ0) is 7.40. The number of rotatable bonds is 1. The quantitative estimate of drug-likeness (QED) is 0.515. The van der Waals surface area contributed by atoms with Gasteiger partial charge in [0.1, 0.15) is 0 Å². The van der Waals surface area contributed by atoms with Crippen LogP contribution in [0.2, 0.25) is 0 Å². The van der Waals surface area contributed by atoms with Crippen LogP contribution in [-0.2, 0) is 4.74 Å². The summed E-state index contributed by atoms with van der Waals surface area (Å²) in [6, 6.07) is 3.46. The first-order valence-electron chi connectivity index (χ1n) is 2.87. The van der Waals surface area contributed by atoms with Crippen LogP contribution < -0.4 is 0 Å². The van der Waals surface area contributed by atoms with Crippen molar-refractivity contribution < 1.29 is 4.74 Å². The number of aromatic nitrogens is 1. The molecule has 1 N–H and O–H groups in total. The van der Waals surface area contributed by atoms with E-state index in [1.165, 1.54) is 7.11 Å². The molecular weight excluding hydrogens is 164 g/mol. The van der Waals surface area contributed by atoms with Crippen molar-refractivity contribution in [3.8, 4) is 0 Å². The molecule has 3 nitrogen and oxygen atoms in total. The molecule has 1 rings (SSSR count). The van der Waals surface area contributed by atoms with Crippen molar-refractivity contribution in [3.63, 3.8) is 0 Å². The summed E-state index contributed by atoms with van der Waals surface area (Å²) in [7, 11) is 1.47.